The predicted molar refractivity (Wildman–Crippen MR) is 70.9 cm³/mol. The molecule has 0 fully saturated rings. The summed E-state index contributed by atoms with van der Waals surface area (Å²) in [6.07, 6.45) is 2.51. The molecule has 5 nitrogen and oxygen atoms in total. The molecule has 0 aromatic carbocycles. The third kappa shape index (κ3) is 3.45. The first-order valence-electron chi connectivity index (χ1n) is 5.33. The molecule has 2 rings (SSSR count). The van der Waals surface area contributed by atoms with E-state index in [0.717, 1.165) is 11.0 Å². The summed E-state index contributed by atoms with van der Waals surface area (Å²) in [5, 5.41) is 1.80. The van der Waals surface area contributed by atoms with Crippen LogP contribution >= 0.6 is 11.3 Å². The normalized spacial score (nSPS) is 17.6. The Hall–Kier alpha value is -1.81. The summed E-state index contributed by atoms with van der Waals surface area (Å²) in [4.78, 5) is 4.45. The van der Waals surface area contributed by atoms with Crippen LogP contribution in [0.1, 0.15) is 4.88 Å². The molecule has 1 aromatic heterocycles. The van der Waals surface area contributed by atoms with Gasteiger partial charge in [-0.3, -0.25) is 0 Å². The molecule has 0 atom stereocenters. The van der Waals surface area contributed by atoms with Crippen molar-refractivity contribution in [1.29, 1.82) is 0 Å². The maximum Gasteiger partial charge on any atom is 0.534 e. The molecule has 0 spiro atoms. The van der Waals surface area contributed by atoms with Crippen molar-refractivity contribution in [3.63, 3.8) is 0 Å². The molecule has 1 aromatic rings. The van der Waals surface area contributed by atoms with Gasteiger partial charge >= 0.3 is 15.6 Å². The van der Waals surface area contributed by atoms with Crippen LogP contribution in [0.15, 0.2) is 40.0 Å². The molecular formula is C11H8F3NO4S2. The van der Waals surface area contributed by atoms with Gasteiger partial charge in [-0.1, -0.05) is 6.07 Å². The standard InChI is InChI=1S/C11H8F3NO4S2/c1-18-9-6-10(19-21(16,17)11(12,13)14)15-8(9)5-7-3-2-4-20-7/h2-6H,1H3/b8-5-. The van der Waals surface area contributed by atoms with Gasteiger partial charge in [-0.05, 0) is 17.5 Å². The minimum Gasteiger partial charge on any atom is -0.494 e. The van der Waals surface area contributed by atoms with Crippen LogP contribution in [0.3, 0.4) is 0 Å². The van der Waals surface area contributed by atoms with Gasteiger partial charge in [0, 0.05) is 11.0 Å². The number of hydrogen-bond acceptors (Lipinski definition) is 6. The van der Waals surface area contributed by atoms with Gasteiger partial charge in [0.25, 0.3) is 0 Å². The SMILES string of the molecule is COC1=CC(OS(=O)(=O)C(F)(F)F)=N/C1=C\c1cccs1. The summed E-state index contributed by atoms with van der Waals surface area (Å²) in [5.41, 5.74) is -5.34. The van der Waals surface area contributed by atoms with Crippen LogP contribution in [-0.4, -0.2) is 26.9 Å². The highest BCUT2D eigenvalue weighted by atomic mass is 32.2. The number of halogens is 3. The van der Waals surface area contributed by atoms with E-state index in [1.165, 1.54) is 24.5 Å². The minimum atomic E-state index is -5.75. The molecule has 0 amide bonds. The quantitative estimate of drug-likeness (QED) is 0.627. The lowest BCUT2D eigenvalue weighted by molar-refractivity contribution is -0.0504. The number of methoxy groups -OCH3 is 1. The van der Waals surface area contributed by atoms with Crippen LogP contribution in [-0.2, 0) is 19.0 Å². The van der Waals surface area contributed by atoms with E-state index in [9.17, 15) is 21.6 Å². The second-order valence-electron chi connectivity index (χ2n) is 3.69. The van der Waals surface area contributed by atoms with Crippen LogP contribution in [0.5, 0.6) is 0 Å². The maximum atomic E-state index is 12.2. The van der Waals surface area contributed by atoms with E-state index in [0.29, 0.717) is 0 Å². The van der Waals surface area contributed by atoms with Crippen molar-refractivity contribution in [1.82, 2.24) is 0 Å². The maximum absolute atomic E-state index is 12.2. The van der Waals surface area contributed by atoms with E-state index in [1.807, 2.05) is 0 Å². The highest BCUT2D eigenvalue weighted by Gasteiger charge is 2.49. The summed E-state index contributed by atoms with van der Waals surface area (Å²) >= 11 is 1.37. The Bertz CT molecular complexity index is 715. The van der Waals surface area contributed by atoms with Gasteiger partial charge < -0.3 is 8.92 Å². The van der Waals surface area contributed by atoms with Crippen molar-refractivity contribution in [2.45, 2.75) is 5.51 Å². The molecule has 2 heterocycles. The molecule has 10 heteroatoms. The smallest absolute Gasteiger partial charge is 0.494 e. The molecule has 114 valence electrons. The monoisotopic (exact) mass is 339 g/mol. The zero-order valence-corrected chi connectivity index (χ0v) is 12.1. The van der Waals surface area contributed by atoms with Gasteiger partial charge in [-0.15, -0.1) is 11.3 Å². The van der Waals surface area contributed by atoms with Gasteiger partial charge in [0.2, 0.25) is 5.90 Å². The van der Waals surface area contributed by atoms with Crippen molar-refractivity contribution in [3.05, 3.63) is 39.9 Å². The van der Waals surface area contributed by atoms with E-state index in [2.05, 4.69) is 9.18 Å². The molecule has 0 aliphatic carbocycles. The number of aliphatic imine (C=N–C) groups is 1. The van der Waals surface area contributed by atoms with Crippen LogP contribution < -0.4 is 0 Å². The van der Waals surface area contributed by atoms with E-state index >= 15 is 0 Å². The zero-order valence-electron chi connectivity index (χ0n) is 10.4. The molecule has 0 saturated carbocycles. The number of ether oxygens (including phenoxy) is 1. The Kier molecular flexibility index (Phi) is 4.10. The Morgan fingerprint density at radius 3 is 2.62 bits per heavy atom. The molecule has 1 aliphatic rings. The van der Waals surface area contributed by atoms with Crippen molar-refractivity contribution >= 4 is 33.4 Å². The third-order valence-electron chi connectivity index (χ3n) is 2.26. The van der Waals surface area contributed by atoms with E-state index < -0.39 is 21.5 Å². The molecule has 21 heavy (non-hydrogen) atoms. The second-order valence-corrected chi connectivity index (χ2v) is 6.21. The summed E-state index contributed by atoms with van der Waals surface area (Å²) < 4.78 is 67.4. The minimum absolute atomic E-state index is 0.107. The van der Waals surface area contributed by atoms with Gasteiger partial charge in [0.1, 0.15) is 11.5 Å². The van der Waals surface area contributed by atoms with Crippen molar-refractivity contribution in [2.75, 3.05) is 7.11 Å². The Morgan fingerprint density at radius 2 is 2.10 bits per heavy atom. The molecule has 0 saturated heterocycles. The average Bonchev–Trinajstić information content (AvgIpc) is 2.97. The van der Waals surface area contributed by atoms with Crippen LogP contribution in [0.25, 0.3) is 6.08 Å². The number of hydrogen-bond donors (Lipinski definition) is 0. The van der Waals surface area contributed by atoms with Crippen molar-refractivity contribution in [2.24, 2.45) is 4.99 Å². The lowest BCUT2D eigenvalue weighted by Gasteiger charge is -2.07. The third-order valence-corrected chi connectivity index (χ3v) is 4.03. The first-order chi connectivity index (χ1) is 9.73. The molecular weight excluding hydrogens is 331 g/mol. The largest absolute Gasteiger partial charge is 0.534 e. The van der Waals surface area contributed by atoms with Gasteiger partial charge in [-0.2, -0.15) is 21.6 Å². The fraction of sp³-hybridized carbons (Fsp3) is 0.182. The number of rotatable bonds is 3. The lowest BCUT2D eigenvalue weighted by Crippen LogP contribution is -2.27. The van der Waals surface area contributed by atoms with Crippen LogP contribution in [0.2, 0.25) is 0 Å². The first kappa shape index (κ1) is 15.6. The van der Waals surface area contributed by atoms with E-state index in [4.69, 9.17) is 4.74 Å². The van der Waals surface area contributed by atoms with Gasteiger partial charge in [0.15, 0.2) is 0 Å². The average molecular weight is 339 g/mol. The summed E-state index contributed by atoms with van der Waals surface area (Å²) in [5.74, 6) is -0.595. The first-order valence-corrected chi connectivity index (χ1v) is 7.62. The number of alkyl halides is 3. The van der Waals surface area contributed by atoms with Crippen molar-refractivity contribution in [3.8, 4) is 0 Å². The summed E-state index contributed by atoms with van der Waals surface area (Å²) in [7, 11) is -4.47. The highest BCUT2D eigenvalue weighted by molar-refractivity contribution is 7.88. The Balaban J connectivity index is 2.29. The van der Waals surface area contributed by atoms with Crippen LogP contribution in [0, 0.1) is 0 Å². The van der Waals surface area contributed by atoms with Crippen molar-refractivity contribution < 1.29 is 30.5 Å². The molecule has 1 aliphatic heterocycles. The highest BCUT2D eigenvalue weighted by Crippen LogP contribution is 2.29. The Labute approximate surface area is 122 Å². The molecule has 0 radical (unpaired) electrons. The summed E-state index contributed by atoms with van der Waals surface area (Å²) in [6, 6.07) is 3.53. The van der Waals surface area contributed by atoms with Crippen LogP contribution in [0.4, 0.5) is 13.2 Å². The number of nitrogens with zero attached hydrogens (tertiary/aromatic N) is 1. The molecule has 0 N–H and O–H groups in total. The summed E-state index contributed by atoms with van der Waals surface area (Å²) in [6.45, 7) is 0. The van der Waals surface area contributed by atoms with E-state index in [1.54, 1.807) is 17.5 Å². The molecule has 0 bridgehead atoms. The molecule has 0 unspecified atom stereocenters. The predicted octanol–water partition coefficient (Wildman–Crippen LogP) is 2.90. The van der Waals surface area contributed by atoms with Gasteiger partial charge in [-0.25, -0.2) is 4.99 Å². The lowest BCUT2D eigenvalue weighted by atomic mass is 10.3. The second kappa shape index (κ2) is 5.53. The van der Waals surface area contributed by atoms with E-state index in [-0.39, 0.29) is 11.5 Å². The fourth-order valence-electron chi connectivity index (χ4n) is 1.37. The Morgan fingerprint density at radius 1 is 1.38 bits per heavy atom. The number of thiophene rings is 1. The van der Waals surface area contributed by atoms with Gasteiger partial charge in [0.05, 0.1) is 7.11 Å². The fourth-order valence-corrected chi connectivity index (χ4v) is 2.43. The topological polar surface area (TPSA) is 65.0 Å². The zero-order chi connectivity index (χ0) is 15.7.